The molecule has 1 aromatic carbocycles. The molecule has 0 saturated carbocycles. The van der Waals surface area contributed by atoms with E-state index in [-0.39, 0.29) is 30.7 Å². The van der Waals surface area contributed by atoms with Crippen LogP contribution in [0.4, 0.5) is 0 Å². The van der Waals surface area contributed by atoms with Gasteiger partial charge < -0.3 is 30.0 Å². The topological polar surface area (TPSA) is 105 Å². The molecule has 0 radical (unpaired) electrons. The first-order valence-electron chi connectivity index (χ1n) is 14.6. The highest BCUT2D eigenvalue weighted by atomic mass is 16.5. The summed E-state index contributed by atoms with van der Waals surface area (Å²) in [6, 6.07) is 12.1. The molecule has 220 valence electrons. The third-order valence-corrected chi connectivity index (χ3v) is 8.21. The first kappa shape index (κ1) is 29.3. The molecule has 2 unspecified atom stereocenters. The van der Waals surface area contributed by atoms with Crippen LogP contribution in [0.3, 0.4) is 0 Å². The molecule has 2 aliphatic carbocycles. The number of carbonyl (C=O) groups is 1. The number of rotatable bonds is 12. The number of fused-ring (bicyclic) bond motifs is 1. The maximum Gasteiger partial charge on any atom is 0.251 e. The van der Waals surface area contributed by atoms with Crippen molar-refractivity contribution in [2.24, 2.45) is 0 Å². The van der Waals surface area contributed by atoms with Crippen LogP contribution in [0.25, 0.3) is 0 Å². The summed E-state index contributed by atoms with van der Waals surface area (Å²) in [6.07, 6.45) is 9.59. The summed E-state index contributed by atoms with van der Waals surface area (Å²) < 4.78 is 17.2. The molecule has 0 spiro atoms. The van der Waals surface area contributed by atoms with Crippen molar-refractivity contribution in [2.45, 2.75) is 56.5 Å². The molecule has 1 fully saturated rings. The van der Waals surface area contributed by atoms with Crippen molar-refractivity contribution in [3.63, 3.8) is 0 Å². The smallest absolute Gasteiger partial charge is 0.251 e. The molecule has 2 aromatic rings. The van der Waals surface area contributed by atoms with Crippen molar-refractivity contribution in [2.75, 3.05) is 46.9 Å². The number of hydrogen-bond donors (Lipinski definition) is 3. The van der Waals surface area contributed by atoms with Crippen LogP contribution >= 0.6 is 0 Å². The highest BCUT2D eigenvalue weighted by Crippen LogP contribution is 2.29. The number of benzene rings is 1. The van der Waals surface area contributed by atoms with Crippen LogP contribution in [0.15, 0.2) is 66.1 Å². The Bertz CT molecular complexity index is 1220. The van der Waals surface area contributed by atoms with Gasteiger partial charge in [0, 0.05) is 56.2 Å². The lowest BCUT2D eigenvalue weighted by Crippen LogP contribution is -2.46. The molecule has 41 heavy (non-hydrogen) atoms. The first-order valence-corrected chi connectivity index (χ1v) is 14.6. The van der Waals surface area contributed by atoms with Gasteiger partial charge in [-0.1, -0.05) is 30.3 Å². The fourth-order valence-electron chi connectivity index (χ4n) is 5.91. The number of aliphatic hydroxyl groups excluding tert-OH is 1. The number of piperidine rings is 1. The minimum Gasteiger partial charge on any atom is -0.497 e. The number of aromatic nitrogens is 1. The molecule has 3 aliphatic rings. The Hall–Kier alpha value is -3.24. The predicted octanol–water partition coefficient (Wildman–Crippen LogP) is 2.65. The number of nitrogens with one attached hydrogen (secondary N) is 2. The van der Waals surface area contributed by atoms with Gasteiger partial charge in [-0.3, -0.25) is 9.69 Å². The molecule has 9 heteroatoms. The van der Waals surface area contributed by atoms with Crippen LogP contribution in [0.1, 0.15) is 40.7 Å². The molecule has 1 aromatic heterocycles. The van der Waals surface area contributed by atoms with E-state index in [4.69, 9.17) is 14.2 Å². The quantitative estimate of drug-likeness (QED) is 0.363. The normalized spacial score (nSPS) is 20.2. The molecular weight excluding hydrogens is 520 g/mol. The molecule has 9 nitrogen and oxygen atoms in total. The lowest BCUT2D eigenvalue weighted by atomic mass is 10.0. The van der Waals surface area contributed by atoms with E-state index in [1.54, 1.807) is 32.5 Å². The molecule has 1 saturated heterocycles. The van der Waals surface area contributed by atoms with Crippen LogP contribution in [0.2, 0.25) is 0 Å². The van der Waals surface area contributed by atoms with Gasteiger partial charge in [0.15, 0.2) is 0 Å². The summed E-state index contributed by atoms with van der Waals surface area (Å²) in [4.78, 5) is 19.6. The number of hydrogen-bond acceptors (Lipinski definition) is 8. The van der Waals surface area contributed by atoms with Crippen molar-refractivity contribution < 1.29 is 24.1 Å². The van der Waals surface area contributed by atoms with Crippen LogP contribution in [0.5, 0.6) is 5.88 Å². The van der Waals surface area contributed by atoms with Gasteiger partial charge in [0.05, 0.1) is 19.3 Å². The Balaban J connectivity index is 1.21. The van der Waals surface area contributed by atoms with E-state index < -0.39 is 6.10 Å². The number of amides is 1. The van der Waals surface area contributed by atoms with Gasteiger partial charge in [0.1, 0.15) is 11.9 Å². The number of aliphatic hydroxyl groups is 1. The second-order valence-corrected chi connectivity index (χ2v) is 11.0. The van der Waals surface area contributed by atoms with E-state index in [9.17, 15) is 9.90 Å². The second-order valence-electron chi connectivity index (χ2n) is 11.0. The summed E-state index contributed by atoms with van der Waals surface area (Å²) in [5.41, 5.74) is 4.26. The van der Waals surface area contributed by atoms with Gasteiger partial charge in [-0.05, 0) is 68.5 Å². The van der Waals surface area contributed by atoms with Gasteiger partial charge in [-0.15, -0.1) is 0 Å². The highest BCUT2D eigenvalue weighted by Gasteiger charge is 2.30. The molecular formula is C32H42N4O5. The SMILES string of the molecule is COC1=CC(OC)CC=C1CN(CC(O)CNC(=O)c1ccnc(OC2CCNCC2)c1)C1Cc2ccccc2C1. The number of ether oxygens (including phenoxy) is 3. The second kappa shape index (κ2) is 14.1. The lowest BCUT2D eigenvalue weighted by molar-refractivity contribution is 0.0798. The fraction of sp³-hybridized carbons (Fsp3) is 0.500. The zero-order valence-corrected chi connectivity index (χ0v) is 24.1. The zero-order valence-electron chi connectivity index (χ0n) is 24.1. The molecule has 1 aliphatic heterocycles. The molecule has 1 amide bonds. The Kier molecular flexibility index (Phi) is 10.1. The van der Waals surface area contributed by atoms with E-state index in [0.717, 1.165) is 56.5 Å². The maximum absolute atomic E-state index is 13.0. The van der Waals surface area contributed by atoms with Crippen molar-refractivity contribution in [3.8, 4) is 5.88 Å². The van der Waals surface area contributed by atoms with Crippen molar-refractivity contribution in [3.05, 3.63) is 82.8 Å². The van der Waals surface area contributed by atoms with Gasteiger partial charge in [0.2, 0.25) is 5.88 Å². The molecule has 3 N–H and O–H groups in total. The Labute approximate surface area is 242 Å². The van der Waals surface area contributed by atoms with Crippen molar-refractivity contribution in [1.82, 2.24) is 20.5 Å². The summed E-state index contributed by atoms with van der Waals surface area (Å²) >= 11 is 0. The highest BCUT2D eigenvalue weighted by molar-refractivity contribution is 5.94. The number of methoxy groups -OCH3 is 2. The number of nitrogens with zero attached hydrogens (tertiary/aromatic N) is 2. The Morgan fingerprint density at radius 2 is 1.93 bits per heavy atom. The maximum atomic E-state index is 13.0. The summed E-state index contributed by atoms with van der Waals surface area (Å²) in [6.45, 7) is 3.03. The van der Waals surface area contributed by atoms with Crippen LogP contribution in [-0.2, 0) is 22.3 Å². The third-order valence-electron chi connectivity index (χ3n) is 8.21. The first-order chi connectivity index (χ1) is 20.0. The zero-order chi connectivity index (χ0) is 28.6. The Morgan fingerprint density at radius 3 is 2.63 bits per heavy atom. The van der Waals surface area contributed by atoms with Crippen LogP contribution < -0.4 is 15.4 Å². The summed E-state index contributed by atoms with van der Waals surface area (Å²) in [5.74, 6) is 1.01. The van der Waals surface area contributed by atoms with E-state index >= 15 is 0 Å². The Morgan fingerprint density at radius 1 is 1.17 bits per heavy atom. The lowest BCUT2D eigenvalue weighted by Gasteiger charge is -2.33. The van der Waals surface area contributed by atoms with Crippen molar-refractivity contribution >= 4 is 5.91 Å². The average molecular weight is 563 g/mol. The predicted molar refractivity (Wildman–Crippen MR) is 157 cm³/mol. The van der Waals surface area contributed by atoms with Gasteiger partial charge >= 0.3 is 0 Å². The van der Waals surface area contributed by atoms with E-state index in [1.807, 2.05) is 6.08 Å². The average Bonchev–Trinajstić information content (AvgIpc) is 3.45. The molecule has 0 bridgehead atoms. The molecule has 5 rings (SSSR count). The van der Waals surface area contributed by atoms with Crippen LogP contribution in [-0.4, -0.2) is 92.2 Å². The monoisotopic (exact) mass is 562 g/mol. The largest absolute Gasteiger partial charge is 0.497 e. The minimum atomic E-state index is -0.749. The van der Waals surface area contributed by atoms with Gasteiger partial charge in [-0.2, -0.15) is 0 Å². The standard InChI is InChI=1S/C32H42N4O5/c1-39-29-8-7-25(30(18-29)40-2)20-36(26-15-22-5-3-4-6-23(22)16-26)21-27(37)19-35-32(38)24-9-14-34-31(17-24)41-28-10-12-33-13-11-28/h3-7,9,14,17-18,26-29,33,37H,8,10-13,15-16,19-21H2,1-2H3,(H,35,38). The third kappa shape index (κ3) is 7.74. The summed E-state index contributed by atoms with van der Waals surface area (Å²) in [7, 11) is 3.38. The van der Waals surface area contributed by atoms with E-state index in [1.165, 1.54) is 11.1 Å². The van der Waals surface area contributed by atoms with Gasteiger partial charge in [-0.25, -0.2) is 4.98 Å². The van der Waals surface area contributed by atoms with E-state index in [2.05, 4.69) is 50.9 Å². The number of pyridine rings is 1. The van der Waals surface area contributed by atoms with Gasteiger partial charge in [0.25, 0.3) is 5.91 Å². The van der Waals surface area contributed by atoms with E-state index in [0.29, 0.717) is 24.5 Å². The summed E-state index contributed by atoms with van der Waals surface area (Å²) in [5, 5.41) is 17.3. The molecule has 2 heterocycles. The fourth-order valence-corrected chi connectivity index (χ4v) is 5.91. The van der Waals surface area contributed by atoms with Crippen LogP contribution in [0, 0.1) is 0 Å². The minimum absolute atomic E-state index is 0.00235. The van der Waals surface area contributed by atoms with Crippen molar-refractivity contribution in [1.29, 1.82) is 0 Å². The molecule has 2 atom stereocenters. The number of carbonyl (C=O) groups excluding carboxylic acids is 1.